The highest BCUT2D eigenvalue weighted by Gasteiger charge is 2.38. The van der Waals surface area contributed by atoms with Gasteiger partial charge in [-0.1, -0.05) is 30.3 Å². The maximum atomic E-state index is 13.2. The Morgan fingerprint density at radius 2 is 1.84 bits per heavy atom. The number of nitrogens with zero attached hydrogens (tertiary/aromatic N) is 4. The summed E-state index contributed by atoms with van der Waals surface area (Å²) in [6.45, 7) is 3.60. The highest BCUT2D eigenvalue weighted by Crippen LogP contribution is 2.34. The van der Waals surface area contributed by atoms with E-state index in [1.807, 2.05) is 35.2 Å². The number of carbonyl (C=O) groups is 1. The van der Waals surface area contributed by atoms with Gasteiger partial charge in [0.25, 0.3) is 10.0 Å². The molecule has 1 saturated heterocycles. The van der Waals surface area contributed by atoms with Crippen LogP contribution in [0, 0.1) is 5.92 Å². The maximum Gasteiger partial charge on any atom is 0.341 e. The zero-order chi connectivity index (χ0) is 22.3. The smallest absolute Gasteiger partial charge is 0.341 e. The van der Waals surface area contributed by atoms with E-state index in [2.05, 4.69) is 9.97 Å². The van der Waals surface area contributed by atoms with Crippen molar-refractivity contribution in [1.29, 1.82) is 0 Å². The second-order valence-corrected chi connectivity index (χ2v) is 9.75. The van der Waals surface area contributed by atoms with Crippen molar-refractivity contribution in [2.45, 2.75) is 11.8 Å². The summed E-state index contributed by atoms with van der Waals surface area (Å²) in [6, 6.07) is 12.9. The predicted molar refractivity (Wildman–Crippen MR) is 120 cm³/mol. The number of fused-ring (bicyclic) bond motifs is 2. The van der Waals surface area contributed by atoms with Crippen LogP contribution in [-0.2, 0) is 14.8 Å². The highest BCUT2D eigenvalue weighted by atomic mass is 32.2. The molecule has 2 aliphatic rings. The fourth-order valence-electron chi connectivity index (χ4n) is 4.16. The summed E-state index contributed by atoms with van der Waals surface area (Å²) in [5, 5.41) is 1.91. The summed E-state index contributed by atoms with van der Waals surface area (Å²) < 4.78 is 32.8. The van der Waals surface area contributed by atoms with E-state index in [-0.39, 0.29) is 5.92 Å². The van der Waals surface area contributed by atoms with Crippen LogP contribution >= 0.6 is 0 Å². The Bertz CT molecular complexity index is 1320. The lowest BCUT2D eigenvalue weighted by molar-refractivity contribution is 0.0525. The van der Waals surface area contributed by atoms with Crippen LogP contribution in [0.1, 0.15) is 17.3 Å². The van der Waals surface area contributed by atoms with Gasteiger partial charge < -0.3 is 9.64 Å². The molecule has 5 rings (SSSR count). The Hall–Kier alpha value is -3.46. The Balaban J connectivity index is 1.32. The quantitative estimate of drug-likeness (QED) is 0.552. The number of carbonyl (C=O) groups excluding carboxylic acids is 1. The standard InChI is InChI=1S/C23H22N4O4S/c1-2-31-22(28)18-10-24-23(25-11-18)26-12-19-14-27(15-20(19)13-26)32(29,30)21-8-7-16-5-3-4-6-17(16)9-21/h3-11,14,20H,2,12-13,15H2,1H3. The van der Waals surface area contributed by atoms with Crippen molar-refractivity contribution in [3.63, 3.8) is 0 Å². The summed E-state index contributed by atoms with van der Waals surface area (Å²) in [5.74, 6) is 0.144. The summed E-state index contributed by atoms with van der Waals surface area (Å²) in [4.78, 5) is 22.6. The van der Waals surface area contributed by atoms with Crippen molar-refractivity contribution in [2.75, 3.05) is 31.1 Å². The molecule has 32 heavy (non-hydrogen) atoms. The molecule has 0 saturated carbocycles. The molecule has 3 aromatic rings. The third-order valence-corrected chi connectivity index (χ3v) is 7.53. The molecule has 0 spiro atoms. The lowest BCUT2D eigenvalue weighted by Gasteiger charge is -2.21. The van der Waals surface area contributed by atoms with Gasteiger partial charge in [0, 0.05) is 44.1 Å². The van der Waals surface area contributed by atoms with Gasteiger partial charge in [0.15, 0.2) is 0 Å². The summed E-state index contributed by atoms with van der Waals surface area (Å²) in [5.41, 5.74) is 1.34. The number of benzene rings is 2. The van der Waals surface area contributed by atoms with E-state index in [4.69, 9.17) is 4.74 Å². The molecule has 2 aliphatic heterocycles. The molecule has 1 fully saturated rings. The molecule has 0 aliphatic carbocycles. The largest absolute Gasteiger partial charge is 0.462 e. The second kappa shape index (κ2) is 7.90. The zero-order valence-electron chi connectivity index (χ0n) is 17.5. The lowest BCUT2D eigenvalue weighted by Crippen LogP contribution is -2.30. The predicted octanol–water partition coefficient (Wildman–Crippen LogP) is 2.83. The molecule has 0 bridgehead atoms. The molecular weight excluding hydrogens is 428 g/mol. The number of esters is 1. The van der Waals surface area contributed by atoms with E-state index in [1.54, 1.807) is 25.3 Å². The minimum absolute atomic E-state index is 0.0820. The molecule has 0 N–H and O–H groups in total. The van der Waals surface area contributed by atoms with Gasteiger partial charge in [-0.15, -0.1) is 0 Å². The molecule has 0 radical (unpaired) electrons. The van der Waals surface area contributed by atoms with Crippen LogP contribution in [0.3, 0.4) is 0 Å². The van der Waals surface area contributed by atoms with Crippen molar-refractivity contribution in [3.8, 4) is 0 Å². The fraction of sp³-hybridized carbons (Fsp3) is 0.261. The van der Waals surface area contributed by atoms with E-state index in [0.717, 1.165) is 16.3 Å². The van der Waals surface area contributed by atoms with Crippen LogP contribution in [0.15, 0.2) is 71.5 Å². The highest BCUT2D eigenvalue weighted by molar-refractivity contribution is 7.89. The van der Waals surface area contributed by atoms with Gasteiger partial charge in [-0.2, -0.15) is 0 Å². The fourth-order valence-corrected chi connectivity index (χ4v) is 5.60. The van der Waals surface area contributed by atoms with Gasteiger partial charge in [0.2, 0.25) is 5.95 Å². The molecule has 8 nitrogen and oxygen atoms in total. The number of hydrogen-bond acceptors (Lipinski definition) is 7. The molecule has 9 heteroatoms. The summed E-state index contributed by atoms with van der Waals surface area (Å²) >= 11 is 0. The first-order valence-electron chi connectivity index (χ1n) is 10.4. The molecular formula is C23H22N4O4S. The third kappa shape index (κ3) is 3.58. The Labute approximate surface area is 186 Å². The van der Waals surface area contributed by atoms with Crippen molar-refractivity contribution in [3.05, 3.63) is 72.2 Å². The first-order chi connectivity index (χ1) is 15.5. The van der Waals surface area contributed by atoms with Crippen molar-refractivity contribution in [1.82, 2.24) is 14.3 Å². The number of hydrogen-bond donors (Lipinski definition) is 0. The average molecular weight is 451 g/mol. The van der Waals surface area contributed by atoms with E-state index >= 15 is 0 Å². The topological polar surface area (TPSA) is 92.7 Å². The molecule has 3 heterocycles. The van der Waals surface area contributed by atoms with Gasteiger partial charge in [-0.25, -0.2) is 23.2 Å². The van der Waals surface area contributed by atoms with Gasteiger partial charge in [-0.3, -0.25) is 4.31 Å². The van der Waals surface area contributed by atoms with Crippen molar-refractivity contribution >= 4 is 32.7 Å². The average Bonchev–Trinajstić information content (AvgIpc) is 3.39. The normalized spacial score (nSPS) is 18.0. The number of rotatable bonds is 5. The van der Waals surface area contributed by atoms with E-state index in [0.29, 0.717) is 42.6 Å². The second-order valence-electron chi connectivity index (χ2n) is 7.86. The van der Waals surface area contributed by atoms with Crippen molar-refractivity contribution < 1.29 is 17.9 Å². The van der Waals surface area contributed by atoms with Crippen LogP contribution in [0.2, 0.25) is 0 Å². The molecule has 1 atom stereocenters. The number of ether oxygens (including phenoxy) is 1. The first-order valence-corrected chi connectivity index (χ1v) is 11.8. The van der Waals surface area contributed by atoms with E-state index in [1.165, 1.54) is 16.7 Å². The molecule has 1 aromatic heterocycles. The van der Waals surface area contributed by atoms with Crippen LogP contribution in [0.5, 0.6) is 0 Å². The number of sulfonamides is 1. The maximum absolute atomic E-state index is 13.2. The summed E-state index contributed by atoms with van der Waals surface area (Å²) in [7, 11) is -3.62. The van der Waals surface area contributed by atoms with Crippen molar-refractivity contribution in [2.24, 2.45) is 5.92 Å². The van der Waals surface area contributed by atoms with Gasteiger partial charge in [0.05, 0.1) is 17.1 Å². The molecule has 1 unspecified atom stereocenters. The first kappa shape index (κ1) is 20.4. The van der Waals surface area contributed by atoms with Crippen LogP contribution in [-0.4, -0.2) is 54.9 Å². The Morgan fingerprint density at radius 1 is 1.09 bits per heavy atom. The summed E-state index contributed by atoms with van der Waals surface area (Å²) in [6.07, 6.45) is 4.65. The number of anilines is 1. The Morgan fingerprint density at radius 3 is 2.56 bits per heavy atom. The van der Waals surface area contributed by atoms with Crippen LogP contribution in [0.25, 0.3) is 10.8 Å². The van der Waals surface area contributed by atoms with Gasteiger partial charge >= 0.3 is 5.97 Å². The van der Waals surface area contributed by atoms with E-state index in [9.17, 15) is 13.2 Å². The third-order valence-electron chi connectivity index (χ3n) is 5.81. The minimum atomic E-state index is -3.62. The molecule has 2 aromatic carbocycles. The minimum Gasteiger partial charge on any atom is -0.462 e. The van der Waals surface area contributed by atoms with Gasteiger partial charge in [0.1, 0.15) is 0 Å². The molecule has 0 amide bonds. The zero-order valence-corrected chi connectivity index (χ0v) is 18.3. The van der Waals surface area contributed by atoms with E-state index < -0.39 is 16.0 Å². The Kier molecular flexibility index (Phi) is 5.05. The lowest BCUT2D eigenvalue weighted by atomic mass is 10.1. The molecule has 164 valence electrons. The van der Waals surface area contributed by atoms with Gasteiger partial charge in [-0.05, 0) is 35.4 Å². The van der Waals surface area contributed by atoms with Crippen LogP contribution < -0.4 is 4.90 Å². The monoisotopic (exact) mass is 450 g/mol. The number of aromatic nitrogens is 2. The SMILES string of the molecule is CCOC(=O)c1cnc(N2CC3=CN(S(=O)(=O)c4ccc5ccccc5c4)CC3C2)nc1. The van der Waals surface area contributed by atoms with Crippen LogP contribution in [0.4, 0.5) is 5.95 Å².